The zero-order valence-electron chi connectivity index (χ0n) is 14.4. The second-order valence-electron chi connectivity index (χ2n) is 5.73. The Morgan fingerprint density at radius 2 is 1.93 bits per heavy atom. The molecular formula is C18H12ClFN2O6. The Labute approximate surface area is 162 Å². The molecule has 10 heteroatoms. The fourth-order valence-corrected chi connectivity index (χ4v) is 3.09. The van der Waals surface area contributed by atoms with Gasteiger partial charge >= 0.3 is 0 Å². The van der Waals surface area contributed by atoms with Gasteiger partial charge in [0.05, 0.1) is 29.0 Å². The number of fused-ring (bicyclic) bond motifs is 3. The number of nitro groups is 1. The van der Waals surface area contributed by atoms with Gasteiger partial charge in [0.1, 0.15) is 24.0 Å². The van der Waals surface area contributed by atoms with Gasteiger partial charge in [0, 0.05) is 18.3 Å². The Bertz CT molecular complexity index is 1110. The zero-order valence-corrected chi connectivity index (χ0v) is 15.2. The third-order valence-corrected chi connectivity index (χ3v) is 4.38. The topological polar surface area (TPSA) is 93.0 Å². The van der Waals surface area contributed by atoms with E-state index in [1.54, 1.807) is 6.07 Å². The Kier molecular flexibility index (Phi) is 4.52. The van der Waals surface area contributed by atoms with Crippen molar-refractivity contribution in [2.75, 3.05) is 20.3 Å². The van der Waals surface area contributed by atoms with Crippen LogP contribution in [0.15, 0.2) is 30.5 Å². The maximum Gasteiger partial charge on any atom is 0.291 e. The van der Waals surface area contributed by atoms with E-state index < -0.39 is 16.4 Å². The molecule has 144 valence electrons. The van der Waals surface area contributed by atoms with Crippen LogP contribution in [-0.2, 0) is 0 Å². The quantitative estimate of drug-likeness (QED) is 0.465. The first-order valence-corrected chi connectivity index (χ1v) is 8.44. The van der Waals surface area contributed by atoms with E-state index in [4.69, 9.17) is 30.5 Å². The monoisotopic (exact) mass is 406 g/mol. The summed E-state index contributed by atoms with van der Waals surface area (Å²) < 4.78 is 36.7. The molecule has 0 N–H and O–H groups in total. The van der Waals surface area contributed by atoms with Crippen LogP contribution in [0, 0.1) is 15.9 Å². The molecule has 0 fully saturated rings. The highest BCUT2D eigenvalue weighted by Crippen LogP contribution is 2.48. The van der Waals surface area contributed by atoms with Crippen molar-refractivity contribution in [1.29, 1.82) is 0 Å². The lowest BCUT2D eigenvalue weighted by atomic mass is 10.1. The number of aromatic nitrogens is 1. The van der Waals surface area contributed by atoms with Crippen molar-refractivity contribution in [2.45, 2.75) is 0 Å². The maximum atomic E-state index is 14.4. The number of halogens is 2. The van der Waals surface area contributed by atoms with E-state index in [1.807, 2.05) is 0 Å². The Morgan fingerprint density at radius 3 is 2.64 bits per heavy atom. The van der Waals surface area contributed by atoms with Crippen molar-refractivity contribution in [2.24, 2.45) is 0 Å². The van der Waals surface area contributed by atoms with Gasteiger partial charge in [-0.2, -0.15) is 0 Å². The fraction of sp³-hybridized carbons (Fsp3) is 0.167. The molecule has 2 aromatic carbocycles. The highest BCUT2D eigenvalue weighted by molar-refractivity contribution is 6.32. The highest BCUT2D eigenvalue weighted by Gasteiger charge is 2.25. The van der Waals surface area contributed by atoms with Crippen molar-refractivity contribution in [3.63, 3.8) is 0 Å². The molecule has 0 bridgehead atoms. The van der Waals surface area contributed by atoms with Gasteiger partial charge in [-0.25, -0.2) is 4.39 Å². The molecule has 0 amide bonds. The molecule has 3 aromatic rings. The Morgan fingerprint density at radius 1 is 1.18 bits per heavy atom. The van der Waals surface area contributed by atoms with Crippen LogP contribution in [-0.4, -0.2) is 30.2 Å². The van der Waals surface area contributed by atoms with Gasteiger partial charge in [-0.05, 0) is 6.07 Å². The molecular weight excluding hydrogens is 395 g/mol. The van der Waals surface area contributed by atoms with Gasteiger partial charge in [-0.3, -0.25) is 15.1 Å². The lowest BCUT2D eigenvalue weighted by Crippen LogP contribution is -2.16. The molecule has 2 heterocycles. The van der Waals surface area contributed by atoms with Gasteiger partial charge in [-0.1, -0.05) is 11.6 Å². The van der Waals surface area contributed by atoms with Crippen molar-refractivity contribution in [3.05, 3.63) is 51.4 Å². The van der Waals surface area contributed by atoms with Gasteiger partial charge in [0.25, 0.3) is 5.69 Å². The van der Waals surface area contributed by atoms with Crippen LogP contribution < -0.4 is 18.9 Å². The van der Waals surface area contributed by atoms with E-state index >= 15 is 0 Å². The summed E-state index contributed by atoms with van der Waals surface area (Å²) >= 11 is 5.87. The van der Waals surface area contributed by atoms with E-state index in [2.05, 4.69) is 4.98 Å². The summed E-state index contributed by atoms with van der Waals surface area (Å²) in [4.78, 5) is 14.4. The summed E-state index contributed by atoms with van der Waals surface area (Å²) in [6.07, 6.45) is 1.47. The molecule has 0 radical (unpaired) electrons. The number of rotatable bonds is 4. The smallest absolute Gasteiger partial charge is 0.291 e. The molecule has 0 unspecified atom stereocenters. The van der Waals surface area contributed by atoms with Crippen LogP contribution in [0.1, 0.15) is 0 Å². The molecule has 28 heavy (non-hydrogen) atoms. The molecule has 0 atom stereocenters. The summed E-state index contributed by atoms with van der Waals surface area (Å²) in [7, 11) is 1.49. The third kappa shape index (κ3) is 2.99. The lowest BCUT2D eigenvalue weighted by Gasteiger charge is -2.23. The number of pyridine rings is 1. The molecule has 8 nitrogen and oxygen atoms in total. The second kappa shape index (κ2) is 7.01. The second-order valence-corrected chi connectivity index (χ2v) is 6.14. The molecule has 1 aliphatic heterocycles. The van der Waals surface area contributed by atoms with Crippen LogP contribution in [0.3, 0.4) is 0 Å². The average molecular weight is 407 g/mol. The van der Waals surface area contributed by atoms with Crippen molar-refractivity contribution < 1.29 is 28.3 Å². The van der Waals surface area contributed by atoms with Crippen LogP contribution >= 0.6 is 11.6 Å². The fourth-order valence-electron chi connectivity index (χ4n) is 2.87. The van der Waals surface area contributed by atoms with Crippen molar-refractivity contribution >= 4 is 28.2 Å². The minimum Gasteiger partial charge on any atom is -0.493 e. The van der Waals surface area contributed by atoms with Gasteiger partial charge in [0.15, 0.2) is 23.1 Å². The molecule has 4 rings (SSSR count). The number of nitrogens with zero attached hydrogens (tertiary/aromatic N) is 2. The molecule has 0 spiro atoms. The SMILES string of the molecule is COc1cc2nccc(Oc3cc(Cl)c([N+](=O)[O-])cc3F)c2c2c1OCCO2. The summed E-state index contributed by atoms with van der Waals surface area (Å²) in [5.41, 5.74) is -0.0723. The lowest BCUT2D eigenvalue weighted by molar-refractivity contribution is -0.384. The van der Waals surface area contributed by atoms with Gasteiger partial charge in [0.2, 0.25) is 5.75 Å². The van der Waals surface area contributed by atoms with E-state index in [0.717, 1.165) is 6.07 Å². The number of hydrogen-bond acceptors (Lipinski definition) is 7. The standard InChI is InChI=1S/C18H12ClFN2O6/c1-25-15-8-11-16(18-17(15)26-4-5-27-18)13(2-3-21-11)28-14-6-9(19)12(22(23)24)7-10(14)20/h2-3,6-8H,4-5H2,1H3. The Balaban J connectivity index is 1.86. The van der Waals surface area contributed by atoms with Crippen molar-refractivity contribution in [3.8, 4) is 28.7 Å². The first-order chi connectivity index (χ1) is 13.5. The number of methoxy groups -OCH3 is 1. The largest absolute Gasteiger partial charge is 0.493 e. The molecule has 1 aromatic heterocycles. The first kappa shape index (κ1) is 18.1. The van der Waals surface area contributed by atoms with Crippen LogP contribution in [0.4, 0.5) is 10.1 Å². The first-order valence-electron chi connectivity index (χ1n) is 8.06. The summed E-state index contributed by atoms with van der Waals surface area (Å²) in [6.45, 7) is 0.652. The average Bonchev–Trinajstić information content (AvgIpc) is 2.69. The van der Waals surface area contributed by atoms with Crippen LogP contribution in [0.5, 0.6) is 28.7 Å². The zero-order chi connectivity index (χ0) is 19.8. The highest BCUT2D eigenvalue weighted by atomic mass is 35.5. The summed E-state index contributed by atoms with van der Waals surface area (Å²) in [5, 5.41) is 11.1. The van der Waals surface area contributed by atoms with E-state index in [9.17, 15) is 14.5 Å². The van der Waals surface area contributed by atoms with E-state index in [1.165, 1.54) is 19.4 Å². The normalized spacial score (nSPS) is 12.7. The molecule has 1 aliphatic rings. The van der Waals surface area contributed by atoms with Crippen LogP contribution in [0.25, 0.3) is 10.9 Å². The predicted molar refractivity (Wildman–Crippen MR) is 97.4 cm³/mol. The minimum absolute atomic E-state index is 0.221. The van der Waals surface area contributed by atoms with Crippen molar-refractivity contribution in [1.82, 2.24) is 4.98 Å². The number of hydrogen-bond donors (Lipinski definition) is 0. The predicted octanol–water partition coefficient (Wildman–Crippen LogP) is 4.51. The number of ether oxygens (including phenoxy) is 4. The number of nitro benzene ring substituents is 1. The van der Waals surface area contributed by atoms with E-state index in [-0.39, 0.29) is 16.5 Å². The molecule has 0 saturated heterocycles. The molecule has 0 saturated carbocycles. The van der Waals surface area contributed by atoms with E-state index in [0.29, 0.717) is 47.4 Å². The Hall–Kier alpha value is -3.33. The van der Waals surface area contributed by atoms with Gasteiger partial charge in [-0.15, -0.1) is 0 Å². The summed E-state index contributed by atoms with van der Waals surface area (Å²) in [6, 6.07) is 4.92. The molecule has 0 aliphatic carbocycles. The number of benzene rings is 2. The third-order valence-electron chi connectivity index (χ3n) is 4.08. The minimum atomic E-state index is -0.930. The summed E-state index contributed by atoms with van der Waals surface area (Å²) in [5.74, 6) is 0.207. The maximum absolute atomic E-state index is 14.4. The van der Waals surface area contributed by atoms with Crippen LogP contribution in [0.2, 0.25) is 5.02 Å². The van der Waals surface area contributed by atoms with Gasteiger partial charge < -0.3 is 18.9 Å².